The van der Waals surface area contributed by atoms with E-state index in [2.05, 4.69) is 0 Å². The van der Waals surface area contributed by atoms with Crippen molar-refractivity contribution in [1.82, 2.24) is 4.57 Å². The number of nitrogens with zero attached hydrogens (tertiary/aromatic N) is 1. The van der Waals surface area contributed by atoms with E-state index in [1.165, 1.54) is 0 Å². The molecule has 0 bridgehead atoms. The zero-order chi connectivity index (χ0) is 13.3. The Hall–Kier alpha value is -1.09. The number of rotatable bonds is 3. The highest BCUT2D eigenvalue weighted by Crippen LogP contribution is 2.24. The van der Waals surface area contributed by atoms with Gasteiger partial charge >= 0.3 is 0 Å². The van der Waals surface area contributed by atoms with Crippen LogP contribution in [0.2, 0.25) is 0 Å². The molecule has 1 aliphatic rings. The van der Waals surface area contributed by atoms with Gasteiger partial charge in [0.1, 0.15) is 0 Å². The van der Waals surface area contributed by atoms with Gasteiger partial charge in [-0.2, -0.15) is 0 Å². The van der Waals surface area contributed by atoms with Crippen molar-refractivity contribution < 1.29 is 4.79 Å². The molecule has 0 aromatic carbocycles. The van der Waals surface area contributed by atoms with E-state index in [-0.39, 0.29) is 17.2 Å². The van der Waals surface area contributed by atoms with Crippen LogP contribution in [0.15, 0.2) is 10.9 Å². The summed E-state index contributed by atoms with van der Waals surface area (Å²) in [6.45, 7) is 4.06. The van der Waals surface area contributed by atoms with Crippen molar-refractivity contribution in [2.75, 3.05) is 0 Å². The number of pyridine rings is 1. The number of aromatic nitrogens is 1. The third-order valence-corrected chi connectivity index (χ3v) is 3.99. The molecule has 18 heavy (non-hydrogen) atoms. The topological polar surface area (TPSA) is 39.1 Å². The highest BCUT2D eigenvalue weighted by molar-refractivity contribution is 6.67. The molecule has 4 heteroatoms. The van der Waals surface area contributed by atoms with Crippen LogP contribution in [0.3, 0.4) is 0 Å². The monoisotopic (exact) mass is 267 g/mol. The van der Waals surface area contributed by atoms with E-state index in [1.807, 2.05) is 13.8 Å². The second-order valence-corrected chi connectivity index (χ2v) is 5.29. The van der Waals surface area contributed by atoms with Crippen molar-refractivity contribution in [2.24, 2.45) is 0 Å². The van der Waals surface area contributed by atoms with E-state index < -0.39 is 5.24 Å². The summed E-state index contributed by atoms with van der Waals surface area (Å²) in [6, 6.07) is 1.81. The summed E-state index contributed by atoms with van der Waals surface area (Å²) < 4.78 is 1.78. The molecular weight excluding hydrogens is 250 g/mol. The zero-order valence-electron chi connectivity index (χ0n) is 10.8. The zero-order valence-corrected chi connectivity index (χ0v) is 11.6. The summed E-state index contributed by atoms with van der Waals surface area (Å²) >= 11 is 5.52. The molecule has 1 aliphatic carbocycles. The van der Waals surface area contributed by atoms with Crippen molar-refractivity contribution in [3.05, 3.63) is 33.2 Å². The molecule has 0 saturated heterocycles. The number of carbonyl (C=O) groups excluding carboxylic acids is 1. The Bertz CT molecular complexity index is 533. The maximum absolute atomic E-state index is 12.3. The van der Waals surface area contributed by atoms with Crippen LogP contribution in [0.25, 0.3) is 0 Å². The van der Waals surface area contributed by atoms with Gasteiger partial charge in [0.2, 0.25) is 0 Å². The van der Waals surface area contributed by atoms with Gasteiger partial charge in [0, 0.05) is 11.7 Å². The Kier molecular flexibility index (Phi) is 3.91. The largest absolute Gasteiger partial charge is 0.309 e. The SMILES string of the molecule is CCC(C)n1c2c(cc(C(=O)Cl)c1=O)CCCC2. The molecular formula is C14H18ClNO2. The van der Waals surface area contributed by atoms with Crippen LogP contribution in [0.5, 0.6) is 0 Å². The number of halogens is 1. The lowest BCUT2D eigenvalue weighted by molar-refractivity contribution is 0.107. The van der Waals surface area contributed by atoms with E-state index in [9.17, 15) is 9.59 Å². The van der Waals surface area contributed by atoms with Crippen molar-refractivity contribution >= 4 is 16.8 Å². The van der Waals surface area contributed by atoms with Crippen LogP contribution in [-0.2, 0) is 12.8 Å². The lowest BCUT2D eigenvalue weighted by atomic mass is 9.94. The first-order valence-corrected chi connectivity index (χ1v) is 6.91. The van der Waals surface area contributed by atoms with Gasteiger partial charge in [0.15, 0.2) is 0 Å². The number of fused-ring (bicyclic) bond motifs is 1. The first kappa shape index (κ1) is 13.3. The van der Waals surface area contributed by atoms with Crippen LogP contribution < -0.4 is 5.56 Å². The Morgan fingerprint density at radius 2 is 2.11 bits per heavy atom. The Morgan fingerprint density at radius 3 is 2.72 bits per heavy atom. The Labute approximate surface area is 112 Å². The van der Waals surface area contributed by atoms with Crippen molar-refractivity contribution in [2.45, 2.75) is 52.0 Å². The van der Waals surface area contributed by atoms with Crippen LogP contribution in [0.1, 0.15) is 60.8 Å². The fourth-order valence-corrected chi connectivity index (χ4v) is 2.76. The molecule has 0 spiro atoms. The Balaban J connectivity index is 2.70. The number of aryl methyl sites for hydroxylation is 1. The van der Waals surface area contributed by atoms with E-state index in [4.69, 9.17) is 11.6 Å². The highest BCUT2D eigenvalue weighted by Gasteiger charge is 2.22. The van der Waals surface area contributed by atoms with Crippen LogP contribution in [0, 0.1) is 0 Å². The highest BCUT2D eigenvalue weighted by atomic mass is 35.5. The second-order valence-electron chi connectivity index (χ2n) is 4.94. The van der Waals surface area contributed by atoms with Crippen molar-refractivity contribution in [1.29, 1.82) is 0 Å². The summed E-state index contributed by atoms with van der Waals surface area (Å²) in [5.41, 5.74) is 2.11. The van der Waals surface area contributed by atoms with E-state index in [0.29, 0.717) is 0 Å². The van der Waals surface area contributed by atoms with Gasteiger partial charge in [-0.3, -0.25) is 9.59 Å². The normalized spacial score (nSPS) is 16.2. The molecule has 0 radical (unpaired) electrons. The predicted octanol–water partition coefficient (Wildman–Crippen LogP) is 3.08. The first-order chi connectivity index (χ1) is 8.56. The Morgan fingerprint density at radius 1 is 1.44 bits per heavy atom. The molecule has 0 aliphatic heterocycles. The predicted molar refractivity (Wildman–Crippen MR) is 72.5 cm³/mol. The number of carbonyl (C=O) groups is 1. The van der Waals surface area contributed by atoms with Gasteiger partial charge < -0.3 is 4.57 Å². The first-order valence-electron chi connectivity index (χ1n) is 6.53. The molecule has 1 unspecified atom stereocenters. The van der Waals surface area contributed by atoms with Gasteiger partial charge in [-0.15, -0.1) is 0 Å². The average Bonchev–Trinajstić information content (AvgIpc) is 2.37. The summed E-state index contributed by atoms with van der Waals surface area (Å²) in [5.74, 6) is 0. The molecule has 98 valence electrons. The smallest absolute Gasteiger partial charge is 0.263 e. The third-order valence-electron chi connectivity index (χ3n) is 3.78. The maximum Gasteiger partial charge on any atom is 0.263 e. The lowest BCUT2D eigenvalue weighted by Crippen LogP contribution is -2.32. The fraction of sp³-hybridized carbons (Fsp3) is 0.571. The molecule has 1 aromatic rings. The van der Waals surface area contributed by atoms with E-state index in [0.717, 1.165) is 43.4 Å². The molecule has 1 aromatic heterocycles. The average molecular weight is 268 g/mol. The molecule has 3 nitrogen and oxygen atoms in total. The molecule has 2 rings (SSSR count). The summed E-state index contributed by atoms with van der Waals surface area (Å²) in [7, 11) is 0. The lowest BCUT2D eigenvalue weighted by Gasteiger charge is -2.25. The maximum atomic E-state index is 12.3. The number of hydrogen-bond donors (Lipinski definition) is 0. The third kappa shape index (κ3) is 2.24. The molecule has 0 saturated carbocycles. The van der Waals surface area contributed by atoms with E-state index in [1.54, 1.807) is 10.6 Å². The van der Waals surface area contributed by atoms with Crippen LogP contribution >= 0.6 is 11.6 Å². The molecule has 1 atom stereocenters. The van der Waals surface area contributed by atoms with Gasteiger partial charge in [-0.05, 0) is 62.3 Å². The molecule has 0 amide bonds. The minimum atomic E-state index is -0.648. The van der Waals surface area contributed by atoms with Crippen molar-refractivity contribution in [3.63, 3.8) is 0 Å². The quantitative estimate of drug-likeness (QED) is 0.790. The summed E-state index contributed by atoms with van der Waals surface area (Å²) in [6.07, 6.45) is 4.94. The van der Waals surface area contributed by atoms with Gasteiger partial charge in [0.05, 0.1) is 5.56 Å². The van der Waals surface area contributed by atoms with Crippen LogP contribution in [0.4, 0.5) is 0 Å². The van der Waals surface area contributed by atoms with E-state index >= 15 is 0 Å². The summed E-state index contributed by atoms with van der Waals surface area (Å²) in [5, 5.41) is -0.648. The van der Waals surface area contributed by atoms with Crippen LogP contribution in [-0.4, -0.2) is 9.81 Å². The fourth-order valence-electron chi connectivity index (χ4n) is 2.62. The minimum absolute atomic E-state index is 0.111. The standard InChI is InChI=1S/C14H18ClNO2/c1-3-9(2)16-12-7-5-4-6-10(12)8-11(13(15)17)14(16)18/h8-9H,3-7H2,1-2H3. The number of hydrogen-bond acceptors (Lipinski definition) is 2. The second kappa shape index (κ2) is 5.27. The van der Waals surface area contributed by atoms with Crippen molar-refractivity contribution in [3.8, 4) is 0 Å². The minimum Gasteiger partial charge on any atom is -0.309 e. The summed E-state index contributed by atoms with van der Waals surface area (Å²) in [4.78, 5) is 23.7. The molecule has 1 heterocycles. The molecule has 0 N–H and O–H groups in total. The van der Waals surface area contributed by atoms with Gasteiger partial charge in [0.25, 0.3) is 10.8 Å². The van der Waals surface area contributed by atoms with Gasteiger partial charge in [-0.25, -0.2) is 0 Å². The van der Waals surface area contributed by atoms with Gasteiger partial charge in [-0.1, -0.05) is 6.92 Å². The molecule has 0 fully saturated rings.